The summed E-state index contributed by atoms with van der Waals surface area (Å²) in [5, 5.41) is 17.9. The molecule has 0 saturated carbocycles. The highest BCUT2D eigenvalue weighted by Gasteiger charge is 2.20. The Morgan fingerprint density at radius 2 is 1.84 bits per heavy atom. The Morgan fingerprint density at radius 1 is 1.06 bits per heavy atom. The molecule has 0 fully saturated rings. The lowest BCUT2D eigenvalue weighted by molar-refractivity contribution is -0.384. The molecule has 2 aromatic carbocycles. The van der Waals surface area contributed by atoms with Crippen molar-refractivity contribution in [2.45, 2.75) is 13.0 Å². The molecule has 2 heterocycles. The van der Waals surface area contributed by atoms with E-state index in [-0.39, 0.29) is 17.3 Å². The minimum Gasteiger partial charge on any atom is -0.371 e. The molecule has 2 N–H and O–H groups in total. The Bertz CT molecular complexity index is 1240. The van der Waals surface area contributed by atoms with Crippen LogP contribution in [0, 0.1) is 10.1 Å². The highest BCUT2D eigenvalue weighted by atomic mass is 32.1. The first kappa shape index (κ1) is 21.1. The summed E-state index contributed by atoms with van der Waals surface area (Å²) in [6.45, 7) is 1.86. The molecule has 1 unspecified atom stereocenters. The maximum atomic E-state index is 12.7. The van der Waals surface area contributed by atoms with E-state index in [4.69, 9.17) is 0 Å². The molecule has 1 atom stereocenters. The summed E-state index contributed by atoms with van der Waals surface area (Å²) in [5.41, 5.74) is 2.04. The van der Waals surface area contributed by atoms with Crippen LogP contribution in [-0.2, 0) is 0 Å². The highest BCUT2D eigenvalue weighted by molar-refractivity contribution is 7.19. The number of aromatic nitrogens is 2. The number of thiazole rings is 1. The third kappa shape index (κ3) is 4.79. The molecule has 0 aliphatic carbocycles. The molecule has 0 bridgehead atoms. The molecule has 32 heavy (non-hydrogen) atoms. The van der Waals surface area contributed by atoms with Crippen LogP contribution in [0.3, 0.4) is 0 Å². The molecule has 0 radical (unpaired) electrons. The monoisotopic (exact) mass is 445 g/mol. The van der Waals surface area contributed by atoms with Gasteiger partial charge < -0.3 is 5.32 Å². The predicted molar refractivity (Wildman–Crippen MR) is 125 cm³/mol. The molecule has 0 aliphatic heterocycles. The zero-order chi connectivity index (χ0) is 22.5. The van der Waals surface area contributed by atoms with Crippen LogP contribution in [-0.4, -0.2) is 20.8 Å². The summed E-state index contributed by atoms with van der Waals surface area (Å²) in [6, 6.07) is 19.3. The van der Waals surface area contributed by atoms with Gasteiger partial charge in [-0.05, 0) is 36.8 Å². The minimum absolute atomic E-state index is 0.171. The fraction of sp³-hybridized carbons (Fsp3) is 0.0870. The van der Waals surface area contributed by atoms with Crippen molar-refractivity contribution in [1.82, 2.24) is 9.97 Å². The van der Waals surface area contributed by atoms with E-state index in [2.05, 4.69) is 20.6 Å². The number of carbonyl (C=O) groups excluding carboxylic acids is 1. The largest absolute Gasteiger partial charge is 0.371 e. The van der Waals surface area contributed by atoms with Gasteiger partial charge in [-0.25, -0.2) is 4.98 Å². The molecule has 0 aliphatic rings. The van der Waals surface area contributed by atoms with E-state index in [1.807, 2.05) is 49.4 Å². The summed E-state index contributed by atoms with van der Waals surface area (Å²) in [7, 11) is 0. The predicted octanol–water partition coefficient (Wildman–Crippen LogP) is 5.54. The molecule has 1 amide bonds. The molecule has 0 saturated heterocycles. The van der Waals surface area contributed by atoms with Crippen molar-refractivity contribution in [2.24, 2.45) is 0 Å². The molecule has 8 nitrogen and oxygen atoms in total. The zero-order valence-corrected chi connectivity index (χ0v) is 17.9. The number of hydrogen-bond acceptors (Lipinski definition) is 7. The number of amides is 1. The van der Waals surface area contributed by atoms with E-state index in [9.17, 15) is 14.9 Å². The Labute approximate surface area is 188 Å². The van der Waals surface area contributed by atoms with Crippen LogP contribution in [0.25, 0.3) is 10.4 Å². The summed E-state index contributed by atoms with van der Waals surface area (Å²) in [5.74, 6) is -0.466. The second-order valence-electron chi connectivity index (χ2n) is 6.96. The highest BCUT2D eigenvalue weighted by Crippen LogP contribution is 2.31. The van der Waals surface area contributed by atoms with Crippen molar-refractivity contribution in [1.29, 1.82) is 0 Å². The molecule has 4 rings (SSSR count). The lowest BCUT2D eigenvalue weighted by Gasteiger charge is -2.15. The van der Waals surface area contributed by atoms with Crippen LogP contribution in [0.15, 0.2) is 79.1 Å². The Balaban J connectivity index is 1.51. The number of nitro benzene ring substituents is 1. The maximum Gasteiger partial charge on any atom is 0.293 e. The van der Waals surface area contributed by atoms with Gasteiger partial charge in [0.05, 0.1) is 21.5 Å². The van der Waals surface area contributed by atoms with Gasteiger partial charge in [-0.2, -0.15) is 0 Å². The second kappa shape index (κ2) is 9.36. The zero-order valence-electron chi connectivity index (χ0n) is 17.1. The second-order valence-corrected chi connectivity index (χ2v) is 7.99. The van der Waals surface area contributed by atoms with Crippen molar-refractivity contribution in [3.8, 4) is 10.4 Å². The van der Waals surface area contributed by atoms with E-state index in [1.54, 1.807) is 24.5 Å². The first-order chi connectivity index (χ1) is 15.5. The lowest BCUT2D eigenvalue weighted by Crippen LogP contribution is -2.13. The van der Waals surface area contributed by atoms with Gasteiger partial charge in [0.1, 0.15) is 5.69 Å². The van der Waals surface area contributed by atoms with E-state index in [1.165, 1.54) is 23.5 Å². The van der Waals surface area contributed by atoms with Gasteiger partial charge in [0.15, 0.2) is 5.13 Å². The number of anilines is 2. The van der Waals surface area contributed by atoms with Crippen molar-refractivity contribution in [3.63, 3.8) is 0 Å². The SMILES string of the molecule is CC(Nc1ccc(C(=O)Nc2ncc(-c3ccccc3)s2)cc1[N+](=O)[O-])c1ccccn1. The van der Waals surface area contributed by atoms with Gasteiger partial charge in [-0.1, -0.05) is 47.7 Å². The Morgan fingerprint density at radius 3 is 2.56 bits per heavy atom. The topological polar surface area (TPSA) is 110 Å². The molecular formula is C23H19N5O3S. The van der Waals surface area contributed by atoms with Crippen LogP contribution in [0.5, 0.6) is 0 Å². The van der Waals surface area contributed by atoms with Gasteiger partial charge in [-0.3, -0.25) is 25.2 Å². The third-order valence-corrected chi connectivity index (χ3v) is 5.71. The van der Waals surface area contributed by atoms with Gasteiger partial charge in [0, 0.05) is 24.0 Å². The quantitative estimate of drug-likeness (QED) is 0.285. The Hall–Kier alpha value is -4.11. The maximum absolute atomic E-state index is 12.7. The first-order valence-electron chi connectivity index (χ1n) is 9.80. The number of nitrogens with zero attached hydrogens (tertiary/aromatic N) is 3. The van der Waals surface area contributed by atoms with Crippen LogP contribution in [0.1, 0.15) is 29.0 Å². The molecule has 160 valence electrons. The van der Waals surface area contributed by atoms with Gasteiger partial charge in [0.25, 0.3) is 11.6 Å². The van der Waals surface area contributed by atoms with Crippen molar-refractivity contribution in [2.75, 3.05) is 10.6 Å². The number of hydrogen-bond donors (Lipinski definition) is 2. The number of nitro groups is 1. The average Bonchev–Trinajstić information content (AvgIpc) is 3.28. The standard InChI is InChI=1S/C23H19N5O3S/c1-15(18-9-5-6-12-24-18)26-19-11-10-17(13-20(19)28(30)31)22(29)27-23-25-14-21(32-23)16-7-3-2-4-8-16/h2-15,26H,1H3,(H,25,27,29). The number of rotatable bonds is 7. The van der Waals surface area contributed by atoms with E-state index in [0.29, 0.717) is 10.8 Å². The average molecular weight is 446 g/mol. The normalized spacial score (nSPS) is 11.5. The van der Waals surface area contributed by atoms with Gasteiger partial charge in [0.2, 0.25) is 0 Å². The fourth-order valence-corrected chi connectivity index (χ4v) is 3.94. The molecule has 2 aromatic heterocycles. The lowest BCUT2D eigenvalue weighted by atomic mass is 10.1. The summed E-state index contributed by atoms with van der Waals surface area (Å²) >= 11 is 1.33. The van der Waals surface area contributed by atoms with E-state index in [0.717, 1.165) is 16.1 Å². The van der Waals surface area contributed by atoms with Crippen LogP contribution in [0.4, 0.5) is 16.5 Å². The number of pyridine rings is 1. The number of benzene rings is 2. The third-order valence-electron chi connectivity index (χ3n) is 4.74. The van der Waals surface area contributed by atoms with Crippen LogP contribution >= 0.6 is 11.3 Å². The number of nitrogens with one attached hydrogen (secondary N) is 2. The molecular weight excluding hydrogens is 426 g/mol. The molecule has 9 heteroatoms. The number of carbonyl (C=O) groups is 1. The van der Waals surface area contributed by atoms with Crippen molar-refractivity contribution in [3.05, 3.63) is 100 Å². The van der Waals surface area contributed by atoms with Crippen molar-refractivity contribution < 1.29 is 9.72 Å². The van der Waals surface area contributed by atoms with Crippen molar-refractivity contribution >= 4 is 33.8 Å². The summed E-state index contributed by atoms with van der Waals surface area (Å²) in [4.78, 5) is 33.2. The van der Waals surface area contributed by atoms with Gasteiger partial charge >= 0.3 is 0 Å². The first-order valence-corrected chi connectivity index (χ1v) is 10.6. The molecule has 4 aromatic rings. The Kier molecular flexibility index (Phi) is 6.18. The smallest absolute Gasteiger partial charge is 0.293 e. The van der Waals surface area contributed by atoms with E-state index < -0.39 is 10.8 Å². The summed E-state index contributed by atoms with van der Waals surface area (Å²) in [6.07, 6.45) is 3.35. The van der Waals surface area contributed by atoms with Crippen LogP contribution < -0.4 is 10.6 Å². The minimum atomic E-state index is -0.513. The molecule has 0 spiro atoms. The fourth-order valence-electron chi connectivity index (χ4n) is 3.12. The van der Waals surface area contributed by atoms with E-state index >= 15 is 0 Å². The van der Waals surface area contributed by atoms with Crippen LogP contribution in [0.2, 0.25) is 0 Å². The summed E-state index contributed by atoms with van der Waals surface area (Å²) < 4.78 is 0. The van der Waals surface area contributed by atoms with Gasteiger partial charge in [-0.15, -0.1) is 0 Å².